The van der Waals surface area contributed by atoms with Crippen LogP contribution >= 0.6 is 0 Å². The highest BCUT2D eigenvalue weighted by molar-refractivity contribution is 5.97. The predicted molar refractivity (Wildman–Crippen MR) is 87.1 cm³/mol. The molecule has 7 nitrogen and oxygen atoms in total. The van der Waals surface area contributed by atoms with Gasteiger partial charge in [-0.25, -0.2) is 15.0 Å². The molecule has 0 bridgehead atoms. The van der Waals surface area contributed by atoms with E-state index in [1.165, 1.54) is 6.33 Å². The zero-order valence-electron chi connectivity index (χ0n) is 12.7. The quantitative estimate of drug-likeness (QED) is 0.781. The van der Waals surface area contributed by atoms with Gasteiger partial charge in [-0.2, -0.15) is 0 Å². The number of nitrogens with one attached hydrogen (secondary N) is 1. The summed E-state index contributed by atoms with van der Waals surface area (Å²) in [5.41, 5.74) is 3.42. The molecule has 1 aromatic carbocycles. The van der Waals surface area contributed by atoms with Crippen molar-refractivity contribution in [3.8, 4) is 0 Å². The monoisotopic (exact) mass is 308 g/mol. The van der Waals surface area contributed by atoms with Gasteiger partial charge in [0.15, 0.2) is 17.0 Å². The van der Waals surface area contributed by atoms with Crippen LogP contribution in [0.1, 0.15) is 12.5 Å². The first kappa shape index (κ1) is 13.7. The molecule has 0 saturated heterocycles. The van der Waals surface area contributed by atoms with Crippen LogP contribution in [0.15, 0.2) is 36.9 Å². The Kier molecular flexibility index (Phi) is 3.18. The number of hydrogen-bond donors (Lipinski definition) is 1. The number of carbonyl (C=O) groups is 1. The van der Waals surface area contributed by atoms with Crippen molar-refractivity contribution in [3.05, 3.63) is 42.5 Å². The lowest BCUT2D eigenvalue weighted by molar-refractivity contribution is -0.114. The molecule has 0 radical (unpaired) electrons. The van der Waals surface area contributed by atoms with Gasteiger partial charge in [0.25, 0.3) is 0 Å². The Morgan fingerprint density at radius 2 is 2.04 bits per heavy atom. The summed E-state index contributed by atoms with van der Waals surface area (Å²) in [6, 6.07) is 7.81. The number of aryl methyl sites for hydroxylation is 1. The van der Waals surface area contributed by atoms with E-state index < -0.39 is 0 Å². The molecule has 2 aromatic heterocycles. The molecule has 0 fully saturated rings. The third-order valence-corrected chi connectivity index (χ3v) is 4.01. The van der Waals surface area contributed by atoms with E-state index in [0.717, 1.165) is 29.0 Å². The van der Waals surface area contributed by atoms with Gasteiger partial charge in [0.1, 0.15) is 6.33 Å². The number of carbonyl (C=O) groups excluding carboxylic acids is 1. The number of aromatic nitrogens is 4. The number of imidazole rings is 1. The van der Waals surface area contributed by atoms with Crippen molar-refractivity contribution in [1.82, 2.24) is 19.5 Å². The molecule has 7 heteroatoms. The zero-order chi connectivity index (χ0) is 15.8. The summed E-state index contributed by atoms with van der Waals surface area (Å²) in [6.45, 7) is 3.66. The summed E-state index contributed by atoms with van der Waals surface area (Å²) in [5.74, 6) is 0.630. The Morgan fingerprint density at radius 1 is 1.17 bits per heavy atom. The van der Waals surface area contributed by atoms with E-state index in [4.69, 9.17) is 0 Å². The number of fused-ring (bicyclic) bond motifs is 2. The second-order valence-corrected chi connectivity index (χ2v) is 5.46. The molecule has 23 heavy (non-hydrogen) atoms. The number of hydrogen-bond acceptors (Lipinski definition) is 5. The summed E-state index contributed by atoms with van der Waals surface area (Å²) >= 11 is 0. The maximum Gasteiger partial charge on any atom is 0.243 e. The topological polar surface area (TPSA) is 75.9 Å². The van der Waals surface area contributed by atoms with E-state index in [0.29, 0.717) is 12.4 Å². The fourth-order valence-corrected chi connectivity index (χ4v) is 2.89. The van der Waals surface area contributed by atoms with Gasteiger partial charge < -0.3 is 14.8 Å². The minimum absolute atomic E-state index is 0.0587. The highest BCUT2D eigenvalue weighted by Gasteiger charge is 2.23. The summed E-state index contributed by atoms with van der Waals surface area (Å²) in [7, 11) is 0. The van der Waals surface area contributed by atoms with Gasteiger partial charge in [-0.1, -0.05) is 18.2 Å². The third-order valence-electron chi connectivity index (χ3n) is 4.01. The molecule has 1 aliphatic heterocycles. The van der Waals surface area contributed by atoms with E-state index in [1.807, 2.05) is 40.7 Å². The Hall–Kier alpha value is -2.96. The third kappa shape index (κ3) is 2.30. The van der Waals surface area contributed by atoms with E-state index in [9.17, 15) is 4.79 Å². The van der Waals surface area contributed by atoms with Crippen molar-refractivity contribution in [1.29, 1.82) is 0 Å². The molecular formula is C16H16N6O. The first-order valence-electron chi connectivity index (χ1n) is 7.55. The minimum Gasteiger partial charge on any atom is -0.341 e. The first-order valence-corrected chi connectivity index (χ1v) is 7.55. The predicted octanol–water partition coefficient (Wildman–Crippen LogP) is 1.80. The molecule has 3 heterocycles. The normalized spacial score (nSPS) is 14.5. The molecule has 1 amide bonds. The molecule has 0 aliphatic carbocycles. The molecule has 0 saturated carbocycles. The van der Waals surface area contributed by atoms with Crippen LogP contribution in [0.2, 0.25) is 0 Å². The van der Waals surface area contributed by atoms with Crippen LogP contribution in [0.4, 0.5) is 11.5 Å². The van der Waals surface area contributed by atoms with Gasteiger partial charge >= 0.3 is 0 Å². The number of benzene rings is 1. The molecule has 0 spiro atoms. The second-order valence-electron chi connectivity index (χ2n) is 5.46. The zero-order valence-corrected chi connectivity index (χ0v) is 12.7. The van der Waals surface area contributed by atoms with Crippen molar-refractivity contribution in [2.45, 2.75) is 20.0 Å². The number of para-hydroxylation sites is 1. The summed E-state index contributed by atoms with van der Waals surface area (Å²) in [6.07, 6.45) is 3.29. The van der Waals surface area contributed by atoms with E-state index >= 15 is 0 Å². The highest BCUT2D eigenvalue weighted by Crippen LogP contribution is 2.27. The lowest BCUT2D eigenvalue weighted by Gasteiger charge is -2.20. The van der Waals surface area contributed by atoms with Crippen LogP contribution in [-0.2, 0) is 17.9 Å². The Labute approximate surface area is 133 Å². The molecule has 0 unspecified atom stereocenters. The number of amides is 1. The Bertz CT molecular complexity index is 887. The van der Waals surface area contributed by atoms with Crippen LogP contribution in [0, 0.1) is 0 Å². The maximum absolute atomic E-state index is 12.2. The van der Waals surface area contributed by atoms with Crippen molar-refractivity contribution < 1.29 is 4.79 Å². The van der Waals surface area contributed by atoms with Gasteiger partial charge in [0.2, 0.25) is 5.91 Å². The van der Waals surface area contributed by atoms with Gasteiger partial charge in [-0.3, -0.25) is 4.79 Å². The van der Waals surface area contributed by atoms with Crippen LogP contribution in [0.25, 0.3) is 11.2 Å². The van der Waals surface area contributed by atoms with Gasteiger partial charge in [0, 0.05) is 18.8 Å². The standard InChI is InChI=1S/C16H16N6O/c1-2-21-10-19-14-15(21)17-9-18-16(14)22-7-11-5-3-4-6-12(11)20-13(23)8-22/h3-6,9-10H,2,7-8H2,1H3,(H,20,23). The lowest BCUT2D eigenvalue weighted by atomic mass is 10.1. The van der Waals surface area contributed by atoms with Crippen molar-refractivity contribution in [2.24, 2.45) is 0 Å². The molecule has 1 N–H and O–H groups in total. The molecule has 0 atom stereocenters. The Balaban J connectivity index is 1.81. The number of rotatable bonds is 2. The minimum atomic E-state index is -0.0587. The second kappa shape index (κ2) is 5.35. The molecule has 1 aliphatic rings. The van der Waals surface area contributed by atoms with E-state index in [1.54, 1.807) is 6.33 Å². The van der Waals surface area contributed by atoms with E-state index in [-0.39, 0.29) is 12.5 Å². The smallest absolute Gasteiger partial charge is 0.243 e. The lowest BCUT2D eigenvalue weighted by Crippen LogP contribution is -2.30. The molecular weight excluding hydrogens is 292 g/mol. The summed E-state index contributed by atoms with van der Waals surface area (Å²) in [5, 5.41) is 2.94. The van der Waals surface area contributed by atoms with Crippen LogP contribution in [0.5, 0.6) is 0 Å². The van der Waals surface area contributed by atoms with Gasteiger partial charge in [-0.05, 0) is 18.6 Å². The van der Waals surface area contributed by atoms with Gasteiger partial charge in [-0.15, -0.1) is 0 Å². The fourth-order valence-electron chi connectivity index (χ4n) is 2.89. The van der Waals surface area contributed by atoms with Crippen molar-refractivity contribution >= 4 is 28.6 Å². The number of nitrogens with zero attached hydrogens (tertiary/aromatic N) is 5. The van der Waals surface area contributed by atoms with Crippen LogP contribution < -0.4 is 10.2 Å². The summed E-state index contributed by atoms with van der Waals surface area (Å²) in [4.78, 5) is 27.3. The largest absolute Gasteiger partial charge is 0.341 e. The number of anilines is 2. The van der Waals surface area contributed by atoms with Gasteiger partial charge in [0.05, 0.1) is 12.9 Å². The van der Waals surface area contributed by atoms with Crippen LogP contribution in [-0.4, -0.2) is 32.0 Å². The molecule has 3 aromatic rings. The SMILES string of the molecule is CCn1cnc2c(N3CC(=O)Nc4ccccc4C3)ncnc21. The maximum atomic E-state index is 12.2. The average Bonchev–Trinajstić information content (AvgIpc) is 2.91. The van der Waals surface area contributed by atoms with Crippen molar-refractivity contribution in [2.75, 3.05) is 16.8 Å². The van der Waals surface area contributed by atoms with E-state index in [2.05, 4.69) is 20.3 Å². The first-order chi connectivity index (χ1) is 11.3. The highest BCUT2D eigenvalue weighted by atomic mass is 16.2. The molecule has 4 rings (SSSR count). The van der Waals surface area contributed by atoms with Crippen LogP contribution in [0.3, 0.4) is 0 Å². The fraction of sp³-hybridized carbons (Fsp3) is 0.250. The van der Waals surface area contributed by atoms with Crippen molar-refractivity contribution in [3.63, 3.8) is 0 Å². The summed E-state index contributed by atoms with van der Waals surface area (Å²) < 4.78 is 1.96. The Morgan fingerprint density at radius 3 is 2.91 bits per heavy atom. The molecule has 116 valence electrons. The average molecular weight is 308 g/mol.